The standard InChI is InChI=1S/C14H24N2O2/c1-3-4-8-16(2)10-13(17)11-18-14-7-5-6-12(15)9-14/h5-7,9,13,17H,3-4,8,10-11,15H2,1-2H3. The highest BCUT2D eigenvalue weighted by atomic mass is 16.5. The fraction of sp³-hybridized carbons (Fsp3) is 0.571. The Kier molecular flexibility index (Phi) is 6.54. The summed E-state index contributed by atoms with van der Waals surface area (Å²) in [6.45, 7) is 4.08. The zero-order chi connectivity index (χ0) is 13.4. The molecule has 0 radical (unpaired) electrons. The highest BCUT2D eigenvalue weighted by Crippen LogP contribution is 2.14. The van der Waals surface area contributed by atoms with E-state index in [1.54, 1.807) is 6.07 Å². The van der Waals surface area contributed by atoms with Crippen LogP contribution >= 0.6 is 0 Å². The number of anilines is 1. The second kappa shape index (κ2) is 7.95. The number of nitrogens with zero attached hydrogens (tertiary/aromatic N) is 1. The van der Waals surface area contributed by atoms with Crippen LogP contribution in [0.4, 0.5) is 5.69 Å². The minimum absolute atomic E-state index is 0.292. The van der Waals surface area contributed by atoms with Gasteiger partial charge in [-0.15, -0.1) is 0 Å². The highest BCUT2D eigenvalue weighted by molar-refractivity contribution is 5.43. The number of benzene rings is 1. The molecule has 0 aromatic heterocycles. The highest BCUT2D eigenvalue weighted by Gasteiger charge is 2.08. The molecule has 18 heavy (non-hydrogen) atoms. The maximum Gasteiger partial charge on any atom is 0.121 e. The molecule has 0 aliphatic rings. The Labute approximate surface area is 109 Å². The number of nitrogen functional groups attached to an aromatic ring is 1. The van der Waals surface area contributed by atoms with E-state index in [-0.39, 0.29) is 0 Å². The summed E-state index contributed by atoms with van der Waals surface area (Å²) in [6, 6.07) is 7.24. The van der Waals surface area contributed by atoms with Crippen LogP contribution in [0.1, 0.15) is 19.8 Å². The lowest BCUT2D eigenvalue weighted by Gasteiger charge is -2.20. The van der Waals surface area contributed by atoms with Crippen molar-refractivity contribution < 1.29 is 9.84 Å². The topological polar surface area (TPSA) is 58.7 Å². The van der Waals surface area contributed by atoms with Crippen molar-refractivity contribution in [2.75, 3.05) is 32.5 Å². The smallest absolute Gasteiger partial charge is 0.121 e. The number of unbranched alkanes of at least 4 members (excludes halogenated alkanes) is 1. The van der Waals surface area contributed by atoms with Crippen molar-refractivity contribution in [3.8, 4) is 5.75 Å². The van der Waals surface area contributed by atoms with E-state index < -0.39 is 6.10 Å². The van der Waals surface area contributed by atoms with Gasteiger partial charge in [0.1, 0.15) is 18.5 Å². The first-order valence-corrected chi connectivity index (χ1v) is 6.46. The monoisotopic (exact) mass is 252 g/mol. The van der Waals surface area contributed by atoms with E-state index in [1.807, 2.05) is 25.2 Å². The van der Waals surface area contributed by atoms with Crippen LogP contribution in [0, 0.1) is 0 Å². The van der Waals surface area contributed by atoms with Crippen molar-refractivity contribution in [1.29, 1.82) is 0 Å². The molecule has 1 atom stereocenters. The van der Waals surface area contributed by atoms with Crippen LogP contribution < -0.4 is 10.5 Å². The zero-order valence-corrected chi connectivity index (χ0v) is 11.3. The van der Waals surface area contributed by atoms with Crippen molar-refractivity contribution >= 4 is 5.69 Å². The van der Waals surface area contributed by atoms with Gasteiger partial charge in [0.15, 0.2) is 0 Å². The van der Waals surface area contributed by atoms with Gasteiger partial charge in [-0.05, 0) is 32.1 Å². The molecule has 1 rings (SSSR count). The van der Waals surface area contributed by atoms with Crippen molar-refractivity contribution in [3.05, 3.63) is 24.3 Å². The quantitative estimate of drug-likeness (QED) is 0.692. The predicted molar refractivity (Wildman–Crippen MR) is 74.8 cm³/mol. The summed E-state index contributed by atoms with van der Waals surface area (Å²) in [5, 5.41) is 9.85. The molecule has 1 aromatic rings. The molecule has 3 N–H and O–H groups in total. The SMILES string of the molecule is CCCCN(C)CC(O)COc1cccc(N)c1. The summed E-state index contributed by atoms with van der Waals surface area (Å²) in [5.74, 6) is 0.699. The van der Waals surface area contributed by atoms with Crippen molar-refractivity contribution in [1.82, 2.24) is 4.90 Å². The fourth-order valence-corrected chi connectivity index (χ4v) is 1.73. The number of ether oxygens (including phenoxy) is 1. The molecule has 0 saturated heterocycles. The lowest BCUT2D eigenvalue weighted by Crippen LogP contribution is -2.33. The summed E-state index contributed by atoms with van der Waals surface area (Å²) in [6.07, 6.45) is 1.84. The van der Waals surface area contributed by atoms with E-state index >= 15 is 0 Å². The minimum atomic E-state index is -0.478. The molecule has 1 aromatic carbocycles. The molecule has 0 saturated carbocycles. The van der Waals surface area contributed by atoms with Gasteiger partial charge in [0.25, 0.3) is 0 Å². The summed E-state index contributed by atoms with van der Waals surface area (Å²) in [5.41, 5.74) is 6.32. The summed E-state index contributed by atoms with van der Waals surface area (Å²) in [4.78, 5) is 2.12. The molecule has 4 nitrogen and oxygen atoms in total. The first-order chi connectivity index (χ1) is 8.61. The zero-order valence-electron chi connectivity index (χ0n) is 11.3. The number of hydrogen-bond donors (Lipinski definition) is 2. The van der Waals surface area contributed by atoms with Gasteiger partial charge >= 0.3 is 0 Å². The molecule has 0 amide bonds. The Morgan fingerprint density at radius 2 is 2.22 bits per heavy atom. The van der Waals surface area contributed by atoms with Crippen LogP contribution in [-0.2, 0) is 0 Å². The number of hydrogen-bond acceptors (Lipinski definition) is 4. The number of nitrogens with two attached hydrogens (primary N) is 1. The molecule has 0 fully saturated rings. The van der Waals surface area contributed by atoms with E-state index in [0.717, 1.165) is 13.0 Å². The molecule has 102 valence electrons. The Bertz CT molecular complexity index is 344. The Morgan fingerprint density at radius 1 is 1.44 bits per heavy atom. The lowest BCUT2D eigenvalue weighted by molar-refractivity contribution is 0.0760. The average molecular weight is 252 g/mol. The van der Waals surface area contributed by atoms with E-state index in [9.17, 15) is 5.11 Å². The largest absolute Gasteiger partial charge is 0.491 e. The fourth-order valence-electron chi connectivity index (χ4n) is 1.73. The van der Waals surface area contributed by atoms with Crippen LogP contribution in [0.25, 0.3) is 0 Å². The second-order valence-corrected chi connectivity index (χ2v) is 4.65. The van der Waals surface area contributed by atoms with Crippen molar-refractivity contribution in [3.63, 3.8) is 0 Å². The van der Waals surface area contributed by atoms with E-state index in [2.05, 4.69) is 11.8 Å². The third-order valence-corrected chi connectivity index (χ3v) is 2.72. The second-order valence-electron chi connectivity index (χ2n) is 4.65. The number of aliphatic hydroxyl groups excluding tert-OH is 1. The van der Waals surface area contributed by atoms with E-state index in [1.165, 1.54) is 6.42 Å². The van der Waals surface area contributed by atoms with Gasteiger partial charge < -0.3 is 20.5 Å². The first-order valence-electron chi connectivity index (χ1n) is 6.46. The molecule has 0 bridgehead atoms. The number of likely N-dealkylation sites (N-methyl/N-ethyl adjacent to an activating group) is 1. The molecule has 1 unspecified atom stereocenters. The first kappa shape index (κ1) is 14.8. The summed E-state index contributed by atoms with van der Waals surface area (Å²) < 4.78 is 5.50. The maximum atomic E-state index is 9.85. The van der Waals surface area contributed by atoms with Gasteiger partial charge in [-0.3, -0.25) is 0 Å². The molecular weight excluding hydrogens is 228 g/mol. The molecule has 0 heterocycles. The predicted octanol–water partition coefficient (Wildman–Crippen LogP) is 1.74. The third kappa shape index (κ3) is 5.89. The average Bonchev–Trinajstić information content (AvgIpc) is 2.34. The Morgan fingerprint density at radius 3 is 2.89 bits per heavy atom. The van der Waals surface area contributed by atoms with Gasteiger partial charge in [-0.25, -0.2) is 0 Å². The number of aliphatic hydroxyl groups is 1. The number of rotatable bonds is 8. The van der Waals surface area contributed by atoms with E-state index in [4.69, 9.17) is 10.5 Å². The van der Waals surface area contributed by atoms with E-state index in [0.29, 0.717) is 24.6 Å². The summed E-state index contributed by atoms with van der Waals surface area (Å²) in [7, 11) is 2.01. The minimum Gasteiger partial charge on any atom is -0.491 e. The van der Waals surface area contributed by atoms with Crippen LogP contribution in [0.3, 0.4) is 0 Å². The van der Waals surface area contributed by atoms with Gasteiger partial charge in [0.05, 0.1) is 0 Å². The van der Waals surface area contributed by atoms with Gasteiger partial charge in [0.2, 0.25) is 0 Å². The molecule has 0 aliphatic carbocycles. The molecule has 0 aliphatic heterocycles. The van der Waals surface area contributed by atoms with Crippen molar-refractivity contribution in [2.24, 2.45) is 0 Å². The lowest BCUT2D eigenvalue weighted by atomic mass is 10.3. The molecule has 0 spiro atoms. The van der Waals surface area contributed by atoms with Gasteiger partial charge in [-0.2, -0.15) is 0 Å². The van der Waals surface area contributed by atoms with Crippen LogP contribution in [0.15, 0.2) is 24.3 Å². The van der Waals surface area contributed by atoms with Gasteiger partial charge in [-0.1, -0.05) is 19.4 Å². The molecule has 4 heteroatoms. The normalized spacial score (nSPS) is 12.7. The summed E-state index contributed by atoms with van der Waals surface area (Å²) >= 11 is 0. The van der Waals surface area contributed by atoms with Gasteiger partial charge in [0, 0.05) is 18.3 Å². The van der Waals surface area contributed by atoms with Crippen LogP contribution in [0.2, 0.25) is 0 Å². The third-order valence-electron chi connectivity index (χ3n) is 2.72. The van der Waals surface area contributed by atoms with Crippen LogP contribution in [0.5, 0.6) is 5.75 Å². The maximum absolute atomic E-state index is 9.85. The van der Waals surface area contributed by atoms with Crippen molar-refractivity contribution in [2.45, 2.75) is 25.9 Å². The Hall–Kier alpha value is -1.26. The molecular formula is C14H24N2O2. The Balaban J connectivity index is 2.26. The van der Waals surface area contributed by atoms with Crippen LogP contribution in [-0.4, -0.2) is 42.9 Å².